The fourth-order valence-corrected chi connectivity index (χ4v) is 4.73. The second kappa shape index (κ2) is 8.69. The van der Waals surface area contributed by atoms with Crippen LogP contribution in [0, 0.1) is 5.41 Å². The minimum atomic E-state index is -4.49. The lowest BCUT2D eigenvalue weighted by atomic mass is 9.78. The summed E-state index contributed by atoms with van der Waals surface area (Å²) < 4.78 is 46.3. The molecule has 0 aliphatic heterocycles. The predicted octanol–water partition coefficient (Wildman–Crippen LogP) is 6.68. The van der Waals surface area contributed by atoms with Crippen LogP contribution >= 0.6 is 11.6 Å². The molecule has 34 heavy (non-hydrogen) atoms. The third kappa shape index (κ3) is 4.66. The Balaban J connectivity index is 1.55. The molecule has 2 aromatic heterocycles. The number of nitrogens with zero attached hydrogens (tertiary/aromatic N) is 3. The van der Waals surface area contributed by atoms with Crippen molar-refractivity contribution < 1.29 is 27.8 Å². The zero-order chi connectivity index (χ0) is 24.8. The number of carboxylic acid groups (broad SMARTS) is 1. The molecule has 182 valence electrons. The first-order valence-corrected chi connectivity index (χ1v) is 11.2. The Kier molecular flexibility index (Phi) is 6.18. The van der Waals surface area contributed by atoms with Crippen LogP contribution in [0.1, 0.15) is 50.8 Å². The number of hydrogen-bond acceptors (Lipinski definition) is 3. The molecule has 3 aromatic rings. The molecule has 2 heterocycles. The number of alkyl halides is 3. The fraction of sp³-hybridized carbons (Fsp3) is 0.417. The first kappa shape index (κ1) is 24.2. The number of imidazole rings is 1. The molecule has 1 aromatic carbocycles. The summed E-state index contributed by atoms with van der Waals surface area (Å²) >= 11 is 6.01. The van der Waals surface area contributed by atoms with Gasteiger partial charge in [-0.3, -0.25) is 4.90 Å². The molecule has 1 saturated carbocycles. The lowest BCUT2D eigenvalue weighted by Gasteiger charge is -2.48. The monoisotopic (exact) mass is 495 g/mol. The molecule has 1 fully saturated rings. The van der Waals surface area contributed by atoms with Gasteiger partial charge in [0.25, 0.3) is 0 Å². The van der Waals surface area contributed by atoms with Crippen LogP contribution in [0.4, 0.5) is 18.0 Å². The first-order valence-electron chi connectivity index (χ1n) is 10.8. The molecule has 1 amide bonds. The van der Waals surface area contributed by atoms with Crippen LogP contribution < -0.4 is 4.74 Å². The molecule has 0 spiro atoms. The Morgan fingerprint density at radius 1 is 1.24 bits per heavy atom. The minimum Gasteiger partial charge on any atom is -0.489 e. The van der Waals surface area contributed by atoms with Gasteiger partial charge in [-0.05, 0) is 29.7 Å². The molecule has 4 rings (SSSR count). The normalized spacial score (nSPS) is 19.5. The van der Waals surface area contributed by atoms with Crippen LogP contribution in [-0.4, -0.2) is 37.6 Å². The molecule has 1 N–H and O–H groups in total. The van der Waals surface area contributed by atoms with Gasteiger partial charge in [0.05, 0.1) is 16.6 Å². The second-order valence-electron chi connectivity index (χ2n) is 9.59. The number of rotatable bonds is 5. The zero-order valence-corrected chi connectivity index (χ0v) is 19.6. The van der Waals surface area contributed by atoms with Crippen LogP contribution in [-0.2, 0) is 6.18 Å². The Morgan fingerprint density at radius 3 is 2.53 bits per heavy atom. The van der Waals surface area contributed by atoms with Crippen molar-refractivity contribution in [1.29, 1.82) is 0 Å². The molecule has 0 saturated heterocycles. The van der Waals surface area contributed by atoms with E-state index in [1.807, 2.05) is 49.7 Å². The van der Waals surface area contributed by atoms with Crippen molar-refractivity contribution in [3.63, 3.8) is 0 Å². The van der Waals surface area contributed by atoms with E-state index in [4.69, 9.17) is 16.3 Å². The van der Waals surface area contributed by atoms with Crippen LogP contribution in [0.5, 0.6) is 5.75 Å². The molecule has 10 heteroatoms. The SMILES string of the molecule is CC(C)(C)C(c1cccn2ccnc12)N(C(=O)O)[C@H]1C[C@H](Oc2ccc(C(F)(F)F)cc2Cl)C1. The van der Waals surface area contributed by atoms with Gasteiger partial charge in [-0.15, -0.1) is 0 Å². The first-order chi connectivity index (χ1) is 15.9. The van der Waals surface area contributed by atoms with Gasteiger partial charge in [-0.25, -0.2) is 9.78 Å². The summed E-state index contributed by atoms with van der Waals surface area (Å²) in [5.41, 5.74) is 0.207. The van der Waals surface area contributed by atoms with E-state index in [1.54, 1.807) is 6.20 Å². The van der Waals surface area contributed by atoms with E-state index >= 15 is 0 Å². The summed E-state index contributed by atoms with van der Waals surface area (Å²) in [5, 5.41) is 10.1. The quantitative estimate of drug-likeness (QED) is 0.428. The molecule has 1 aliphatic rings. The number of halogens is 4. The molecule has 1 aliphatic carbocycles. The van der Waals surface area contributed by atoms with Gasteiger partial charge in [0, 0.05) is 43.0 Å². The Morgan fingerprint density at radius 2 is 1.94 bits per heavy atom. The maximum absolute atomic E-state index is 12.9. The van der Waals surface area contributed by atoms with Crippen molar-refractivity contribution in [3.05, 3.63) is 65.1 Å². The summed E-state index contributed by atoms with van der Waals surface area (Å²) in [4.78, 5) is 18.3. The minimum absolute atomic E-state index is 0.132. The Hall–Kier alpha value is -2.94. The molecule has 0 radical (unpaired) electrons. The van der Waals surface area contributed by atoms with Crippen molar-refractivity contribution >= 4 is 23.3 Å². The average Bonchev–Trinajstić information content (AvgIpc) is 3.17. The van der Waals surface area contributed by atoms with Crippen LogP contribution in [0.25, 0.3) is 5.65 Å². The highest BCUT2D eigenvalue weighted by Crippen LogP contribution is 2.45. The maximum Gasteiger partial charge on any atom is 0.416 e. The van der Waals surface area contributed by atoms with E-state index in [9.17, 15) is 23.1 Å². The van der Waals surface area contributed by atoms with Gasteiger partial charge in [0.1, 0.15) is 17.5 Å². The van der Waals surface area contributed by atoms with Crippen molar-refractivity contribution in [2.75, 3.05) is 0 Å². The number of amides is 1. The fourth-order valence-electron chi connectivity index (χ4n) is 4.51. The highest BCUT2D eigenvalue weighted by Gasteiger charge is 2.45. The lowest BCUT2D eigenvalue weighted by molar-refractivity contribution is -0.137. The average molecular weight is 496 g/mol. The number of pyridine rings is 1. The Bertz CT molecular complexity index is 1200. The lowest BCUT2D eigenvalue weighted by Crippen LogP contribution is -2.54. The maximum atomic E-state index is 12.9. The van der Waals surface area contributed by atoms with E-state index in [2.05, 4.69) is 4.98 Å². The van der Waals surface area contributed by atoms with Crippen molar-refractivity contribution in [2.24, 2.45) is 5.41 Å². The number of hydrogen-bond donors (Lipinski definition) is 1. The summed E-state index contributed by atoms with van der Waals surface area (Å²) in [6.45, 7) is 5.94. The van der Waals surface area contributed by atoms with Gasteiger partial charge in [0.2, 0.25) is 0 Å². The predicted molar refractivity (Wildman–Crippen MR) is 121 cm³/mol. The van der Waals surface area contributed by atoms with Gasteiger partial charge in [0.15, 0.2) is 0 Å². The summed E-state index contributed by atoms with van der Waals surface area (Å²) in [6, 6.07) is 5.90. The summed E-state index contributed by atoms with van der Waals surface area (Å²) in [6.07, 6.45) is 0.230. The molecule has 1 unspecified atom stereocenters. The highest BCUT2D eigenvalue weighted by molar-refractivity contribution is 6.32. The van der Waals surface area contributed by atoms with Gasteiger partial charge < -0.3 is 14.2 Å². The standard InChI is InChI=1S/C24H25ClF3N3O3/c1-23(2,3)20(17-5-4-9-30-10-8-29-21(17)30)31(22(32)33)15-12-16(13-15)34-19-7-6-14(11-18(19)25)24(26,27)28/h4-11,15-16,20H,12-13H2,1-3H3,(H,32,33)/t15-,16-,20?. The smallest absolute Gasteiger partial charge is 0.416 e. The van der Waals surface area contributed by atoms with Crippen molar-refractivity contribution in [1.82, 2.24) is 14.3 Å². The van der Waals surface area contributed by atoms with Crippen LogP contribution in [0.15, 0.2) is 48.9 Å². The largest absolute Gasteiger partial charge is 0.489 e. The van der Waals surface area contributed by atoms with Crippen LogP contribution in [0.3, 0.4) is 0 Å². The molecular weight excluding hydrogens is 471 g/mol. The van der Waals surface area contributed by atoms with Crippen LogP contribution in [0.2, 0.25) is 5.02 Å². The summed E-state index contributed by atoms with van der Waals surface area (Å²) in [5.74, 6) is 0.148. The molecular formula is C24H25ClF3N3O3. The van der Waals surface area contributed by atoms with Gasteiger partial charge in [-0.2, -0.15) is 13.2 Å². The van der Waals surface area contributed by atoms with E-state index in [-0.39, 0.29) is 22.9 Å². The van der Waals surface area contributed by atoms with Crippen molar-refractivity contribution in [2.45, 2.75) is 58.0 Å². The number of benzene rings is 1. The zero-order valence-electron chi connectivity index (χ0n) is 18.9. The number of aromatic nitrogens is 2. The molecule has 1 atom stereocenters. The third-order valence-corrected chi connectivity index (χ3v) is 6.37. The second-order valence-corrected chi connectivity index (χ2v) is 10.00. The third-order valence-electron chi connectivity index (χ3n) is 6.08. The summed E-state index contributed by atoms with van der Waals surface area (Å²) in [7, 11) is 0. The van der Waals surface area contributed by atoms with E-state index in [0.717, 1.165) is 17.7 Å². The molecule has 6 nitrogen and oxygen atoms in total. The number of carbonyl (C=O) groups is 1. The Labute approximate surface area is 199 Å². The topological polar surface area (TPSA) is 67.1 Å². The van der Waals surface area contributed by atoms with Crippen molar-refractivity contribution in [3.8, 4) is 5.75 Å². The van der Waals surface area contributed by atoms with E-state index < -0.39 is 29.3 Å². The highest BCUT2D eigenvalue weighted by atomic mass is 35.5. The molecule has 0 bridgehead atoms. The van der Waals surface area contributed by atoms with E-state index in [1.165, 1.54) is 11.0 Å². The van der Waals surface area contributed by atoms with Gasteiger partial charge in [-0.1, -0.05) is 38.4 Å². The number of ether oxygens (including phenoxy) is 1. The van der Waals surface area contributed by atoms with E-state index in [0.29, 0.717) is 18.5 Å². The van der Waals surface area contributed by atoms with Gasteiger partial charge >= 0.3 is 12.3 Å². The number of fused-ring (bicyclic) bond motifs is 1.